The Hall–Kier alpha value is -3.74. The summed E-state index contributed by atoms with van der Waals surface area (Å²) < 4.78 is 31.8. The van der Waals surface area contributed by atoms with Crippen molar-refractivity contribution in [2.75, 3.05) is 32.1 Å². The molecule has 0 unspecified atom stereocenters. The van der Waals surface area contributed by atoms with Crippen LogP contribution < -0.4 is 25.4 Å². The Morgan fingerprint density at radius 2 is 1.86 bits per heavy atom. The largest absolute Gasteiger partial charge is 0.493 e. The smallest absolute Gasteiger partial charge is 0.320 e. The number of rotatable bonds is 13. The number of aromatic nitrogens is 2. The number of ether oxygens (including phenoxy) is 3. The van der Waals surface area contributed by atoms with Crippen molar-refractivity contribution >= 4 is 45.9 Å². The van der Waals surface area contributed by atoms with Gasteiger partial charge >= 0.3 is 11.9 Å². The number of carbonyl (C=O) groups excluding carboxylic acids is 1. The number of aliphatic carboxylic acids is 1. The number of carboxylic acids is 1. The van der Waals surface area contributed by atoms with Crippen LogP contribution in [-0.4, -0.2) is 71.5 Å². The predicted molar refractivity (Wildman–Crippen MR) is 165 cm³/mol. The SMILES string of the molecule is COc1cc2ncnc(Nc3cccc(Cl)c3F)c2cc1OC1CCC([C@H](NCCNCC(=O)OC(C)(C)C)C(=O)O)CC1. The molecule has 13 heteroatoms. The molecule has 1 aliphatic rings. The van der Waals surface area contributed by atoms with Crippen LogP contribution in [0.25, 0.3) is 10.9 Å². The number of methoxy groups -OCH3 is 1. The van der Waals surface area contributed by atoms with Crippen molar-refractivity contribution in [1.82, 2.24) is 20.6 Å². The van der Waals surface area contributed by atoms with Crippen molar-refractivity contribution in [3.63, 3.8) is 0 Å². The van der Waals surface area contributed by atoms with Gasteiger partial charge < -0.3 is 35.3 Å². The number of carboxylic acid groups (broad SMARTS) is 1. The van der Waals surface area contributed by atoms with E-state index in [9.17, 15) is 19.1 Å². The quantitative estimate of drug-likeness (QED) is 0.148. The predicted octanol–water partition coefficient (Wildman–Crippen LogP) is 5.09. The van der Waals surface area contributed by atoms with Crippen LogP contribution >= 0.6 is 11.6 Å². The normalized spacial score (nSPS) is 17.6. The first kappa shape index (κ1) is 33.2. The van der Waals surface area contributed by atoms with Gasteiger partial charge in [0.15, 0.2) is 17.3 Å². The first-order chi connectivity index (χ1) is 20.9. The summed E-state index contributed by atoms with van der Waals surface area (Å²) in [6, 6.07) is 7.45. The van der Waals surface area contributed by atoms with Crippen molar-refractivity contribution in [2.24, 2.45) is 5.92 Å². The molecule has 0 saturated heterocycles. The van der Waals surface area contributed by atoms with E-state index in [1.54, 1.807) is 45.0 Å². The highest BCUT2D eigenvalue weighted by atomic mass is 35.5. The molecule has 0 amide bonds. The Kier molecular flexibility index (Phi) is 11.2. The zero-order valence-electron chi connectivity index (χ0n) is 25.3. The second-order valence-electron chi connectivity index (χ2n) is 11.7. The van der Waals surface area contributed by atoms with Gasteiger partial charge in [0.25, 0.3) is 0 Å². The van der Waals surface area contributed by atoms with Gasteiger partial charge in [-0.2, -0.15) is 0 Å². The summed E-state index contributed by atoms with van der Waals surface area (Å²) in [4.78, 5) is 32.5. The van der Waals surface area contributed by atoms with Crippen molar-refractivity contribution in [3.8, 4) is 11.5 Å². The monoisotopic (exact) mass is 631 g/mol. The maximum Gasteiger partial charge on any atom is 0.320 e. The number of benzene rings is 2. The number of fused-ring (bicyclic) bond motifs is 1. The van der Waals surface area contributed by atoms with Crippen LogP contribution in [0.1, 0.15) is 46.5 Å². The third-order valence-electron chi connectivity index (χ3n) is 7.23. The first-order valence-electron chi connectivity index (χ1n) is 14.5. The highest BCUT2D eigenvalue weighted by Gasteiger charge is 2.33. The van der Waals surface area contributed by atoms with E-state index in [-0.39, 0.29) is 35.2 Å². The number of halogens is 2. The molecular weight excluding hydrogens is 593 g/mol. The third-order valence-corrected chi connectivity index (χ3v) is 7.52. The van der Waals surface area contributed by atoms with E-state index in [1.807, 2.05) is 0 Å². The Morgan fingerprint density at radius 1 is 1.11 bits per heavy atom. The fourth-order valence-corrected chi connectivity index (χ4v) is 5.38. The van der Waals surface area contributed by atoms with Crippen molar-refractivity contribution in [1.29, 1.82) is 0 Å². The Morgan fingerprint density at radius 3 is 2.55 bits per heavy atom. The van der Waals surface area contributed by atoms with E-state index in [2.05, 4.69) is 25.9 Å². The zero-order chi connectivity index (χ0) is 31.9. The van der Waals surface area contributed by atoms with Gasteiger partial charge in [-0.05, 0) is 70.6 Å². The van der Waals surface area contributed by atoms with Crippen LogP contribution in [0.2, 0.25) is 5.02 Å². The van der Waals surface area contributed by atoms with Crippen LogP contribution in [0, 0.1) is 11.7 Å². The number of esters is 1. The minimum Gasteiger partial charge on any atom is -0.493 e. The summed E-state index contributed by atoms with van der Waals surface area (Å²) in [6.45, 7) is 6.28. The average molecular weight is 632 g/mol. The minimum atomic E-state index is -0.908. The molecular formula is C31H39ClFN5O6. The zero-order valence-corrected chi connectivity index (χ0v) is 26.0. The van der Waals surface area contributed by atoms with E-state index in [4.69, 9.17) is 25.8 Å². The van der Waals surface area contributed by atoms with Gasteiger partial charge in [-0.3, -0.25) is 9.59 Å². The summed E-state index contributed by atoms with van der Waals surface area (Å²) in [5.41, 5.74) is 0.198. The minimum absolute atomic E-state index is 0.00939. The van der Waals surface area contributed by atoms with E-state index < -0.39 is 23.4 Å². The second-order valence-corrected chi connectivity index (χ2v) is 12.1. The fraction of sp³-hybridized carbons (Fsp3) is 0.484. The van der Waals surface area contributed by atoms with Gasteiger partial charge in [-0.25, -0.2) is 14.4 Å². The maximum atomic E-state index is 14.6. The molecule has 238 valence electrons. The molecule has 1 saturated carbocycles. The Bertz CT molecular complexity index is 1460. The van der Waals surface area contributed by atoms with Gasteiger partial charge in [0, 0.05) is 24.5 Å². The average Bonchev–Trinajstić information content (AvgIpc) is 2.96. The van der Waals surface area contributed by atoms with Crippen LogP contribution in [0.15, 0.2) is 36.7 Å². The van der Waals surface area contributed by atoms with E-state index in [0.29, 0.717) is 67.0 Å². The highest BCUT2D eigenvalue weighted by Crippen LogP contribution is 2.38. The lowest BCUT2D eigenvalue weighted by molar-refractivity contribution is -0.153. The Balaban J connectivity index is 1.36. The first-order valence-corrected chi connectivity index (χ1v) is 14.9. The molecule has 11 nitrogen and oxygen atoms in total. The van der Waals surface area contributed by atoms with E-state index in [0.717, 1.165) is 0 Å². The van der Waals surface area contributed by atoms with E-state index >= 15 is 0 Å². The van der Waals surface area contributed by atoms with Crippen LogP contribution in [-0.2, 0) is 14.3 Å². The third kappa shape index (κ3) is 8.90. The molecule has 1 fully saturated rings. The summed E-state index contributed by atoms with van der Waals surface area (Å²) in [7, 11) is 1.54. The summed E-state index contributed by atoms with van der Waals surface area (Å²) >= 11 is 5.95. The second kappa shape index (κ2) is 14.8. The molecule has 1 aromatic heterocycles. The number of nitrogens with zero attached hydrogens (tertiary/aromatic N) is 2. The van der Waals surface area contributed by atoms with Crippen molar-refractivity contribution in [3.05, 3.63) is 47.5 Å². The topological polar surface area (TPSA) is 144 Å². The summed E-state index contributed by atoms with van der Waals surface area (Å²) in [5.74, 6) is -0.581. The summed E-state index contributed by atoms with van der Waals surface area (Å²) in [6.07, 6.45) is 3.82. The van der Waals surface area contributed by atoms with Gasteiger partial charge in [-0.15, -0.1) is 0 Å². The number of nitrogens with one attached hydrogen (secondary N) is 3. The number of hydrogen-bond donors (Lipinski definition) is 4. The van der Waals surface area contributed by atoms with Gasteiger partial charge in [0.1, 0.15) is 23.8 Å². The molecule has 0 aliphatic heterocycles. The van der Waals surface area contributed by atoms with Crippen LogP contribution in [0.4, 0.5) is 15.9 Å². The molecule has 1 heterocycles. The van der Waals surface area contributed by atoms with Gasteiger partial charge in [0.2, 0.25) is 0 Å². The fourth-order valence-electron chi connectivity index (χ4n) is 5.20. The molecule has 4 N–H and O–H groups in total. The Labute approximate surface area is 260 Å². The molecule has 2 aromatic carbocycles. The molecule has 3 aromatic rings. The summed E-state index contributed by atoms with van der Waals surface area (Å²) in [5, 5.41) is 19.6. The molecule has 1 aliphatic carbocycles. The maximum absolute atomic E-state index is 14.6. The molecule has 0 bridgehead atoms. The number of carbonyl (C=O) groups is 2. The standard InChI is InChI=1S/C31H39ClFN5O6/c1-31(2,3)44-26(39)16-34-12-13-35-28(30(40)41)18-8-10-19(11-9-18)43-25-14-20-23(15-24(25)42-4)36-17-37-29(20)38-22-7-5-6-21(32)27(22)33/h5-7,14-15,17-19,28,34-35H,8-13,16H2,1-4H3,(H,40,41)(H,36,37,38)/t18?,19?,28-/m0/s1. The number of hydrogen-bond acceptors (Lipinski definition) is 10. The molecule has 0 radical (unpaired) electrons. The molecule has 4 rings (SSSR count). The van der Waals surface area contributed by atoms with Gasteiger partial charge in [-0.1, -0.05) is 17.7 Å². The molecule has 0 spiro atoms. The number of anilines is 2. The van der Waals surface area contributed by atoms with Gasteiger partial charge in [0.05, 0.1) is 36.0 Å². The lowest BCUT2D eigenvalue weighted by atomic mass is 9.82. The van der Waals surface area contributed by atoms with Crippen molar-refractivity contribution < 1.29 is 33.3 Å². The molecule has 44 heavy (non-hydrogen) atoms. The van der Waals surface area contributed by atoms with Crippen LogP contribution in [0.3, 0.4) is 0 Å². The van der Waals surface area contributed by atoms with E-state index in [1.165, 1.54) is 19.5 Å². The lowest BCUT2D eigenvalue weighted by Crippen LogP contribution is -2.47. The van der Waals surface area contributed by atoms with Crippen molar-refractivity contribution in [2.45, 2.75) is 64.2 Å². The lowest BCUT2D eigenvalue weighted by Gasteiger charge is -2.33. The highest BCUT2D eigenvalue weighted by molar-refractivity contribution is 6.31. The molecule has 1 atom stereocenters. The van der Waals surface area contributed by atoms with Crippen LogP contribution in [0.5, 0.6) is 11.5 Å².